The Labute approximate surface area is 234 Å². The third-order valence-corrected chi connectivity index (χ3v) is 7.38. The van der Waals surface area contributed by atoms with E-state index in [1.54, 1.807) is 23.1 Å². The second-order valence-corrected chi connectivity index (χ2v) is 10.5. The van der Waals surface area contributed by atoms with E-state index < -0.39 is 6.04 Å². The second kappa shape index (κ2) is 10.6. The normalized spacial score (nSPS) is 17.6. The third-order valence-electron chi connectivity index (χ3n) is 6.88. The average molecular weight is 572 g/mol. The molecule has 0 bridgehead atoms. The summed E-state index contributed by atoms with van der Waals surface area (Å²) in [7, 11) is 0. The number of rotatable bonds is 6. The van der Waals surface area contributed by atoms with Crippen molar-refractivity contribution in [3.8, 4) is 5.75 Å². The number of fused-ring (bicyclic) bond motifs is 3. The molecule has 4 aromatic rings. The maximum atomic E-state index is 13.6. The number of imidazole rings is 1. The molecule has 1 saturated heterocycles. The van der Waals surface area contributed by atoms with Crippen LogP contribution in [0.4, 0.5) is 5.82 Å². The van der Waals surface area contributed by atoms with Crippen LogP contribution in [-0.2, 0) is 16.0 Å². The van der Waals surface area contributed by atoms with Gasteiger partial charge in [0.05, 0.1) is 24.6 Å². The molecule has 4 aromatic heterocycles. The predicted octanol–water partition coefficient (Wildman–Crippen LogP) is 3.93. The molecule has 0 spiro atoms. The SMILES string of the molecule is CC(C)c1noc(C2c3c(nc4cc(Cl)ccn34)CCN2C(=O)COc2ccc(N3CCOCC3)nc2Cl)n1. The first kappa shape index (κ1) is 25.8. The second-order valence-electron chi connectivity index (χ2n) is 9.75. The summed E-state index contributed by atoms with van der Waals surface area (Å²) in [6, 6.07) is 6.50. The monoisotopic (exact) mass is 571 g/mol. The van der Waals surface area contributed by atoms with Gasteiger partial charge in [0.15, 0.2) is 29.4 Å². The fourth-order valence-electron chi connectivity index (χ4n) is 4.89. The van der Waals surface area contributed by atoms with Crippen molar-refractivity contribution in [2.45, 2.75) is 32.2 Å². The van der Waals surface area contributed by atoms with Crippen LogP contribution in [0.3, 0.4) is 0 Å². The van der Waals surface area contributed by atoms with Crippen molar-refractivity contribution >= 4 is 40.6 Å². The Balaban J connectivity index is 1.27. The zero-order valence-electron chi connectivity index (χ0n) is 21.5. The molecule has 1 fully saturated rings. The molecule has 2 aliphatic rings. The van der Waals surface area contributed by atoms with Crippen molar-refractivity contribution in [2.75, 3.05) is 44.4 Å². The van der Waals surface area contributed by atoms with Gasteiger partial charge in [-0.05, 0) is 18.2 Å². The van der Waals surface area contributed by atoms with Gasteiger partial charge in [-0.25, -0.2) is 9.97 Å². The van der Waals surface area contributed by atoms with Gasteiger partial charge in [0.1, 0.15) is 11.5 Å². The Morgan fingerprint density at radius 3 is 2.69 bits per heavy atom. The predicted molar refractivity (Wildman–Crippen MR) is 144 cm³/mol. The van der Waals surface area contributed by atoms with Gasteiger partial charge in [0.2, 0.25) is 0 Å². The van der Waals surface area contributed by atoms with E-state index in [9.17, 15) is 4.79 Å². The summed E-state index contributed by atoms with van der Waals surface area (Å²) in [5.74, 6) is 1.77. The molecular weight excluding hydrogens is 545 g/mol. The number of halogens is 2. The van der Waals surface area contributed by atoms with Crippen molar-refractivity contribution in [1.29, 1.82) is 0 Å². The van der Waals surface area contributed by atoms with E-state index in [1.165, 1.54) is 0 Å². The number of carbonyl (C=O) groups is 1. The lowest BCUT2D eigenvalue weighted by atomic mass is 10.0. The molecule has 2 aliphatic heterocycles. The quantitative estimate of drug-likeness (QED) is 0.318. The zero-order chi connectivity index (χ0) is 27.1. The van der Waals surface area contributed by atoms with Gasteiger partial charge in [0, 0.05) is 49.3 Å². The van der Waals surface area contributed by atoms with Crippen LogP contribution < -0.4 is 9.64 Å². The Hall–Kier alpha value is -3.41. The highest BCUT2D eigenvalue weighted by molar-refractivity contribution is 6.31. The lowest BCUT2D eigenvalue weighted by Gasteiger charge is -2.33. The number of anilines is 1. The van der Waals surface area contributed by atoms with Gasteiger partial charge in [-0.3, -0.25) is 4.79 Å². The molecule has 11 nitrogen and oxygen atoms in total. The molecule has 0 radical (unpaired) electrons. The van der Waals surface area contributed by atoms with Crippen LogP contribution in [0.25, 0.3) is 5.65 Å². The molecule has 6 rings (SSSR count). The van der Waals surface area contributed by atoms with E-state index in [2.05, 4.69) is 20.0 Å². The Bertz CT molecular complexity index is 1520. The maximum Gasteiger partial charge on any atom is 0.261 e. The van der Waals surface area contributed by atoms with Gasteiger partial charge in [-0.2, -0.15) is 4.98 Å². The number of pyridine rings is 2. The summed E-state index contributed by atoms with van der Waals surface area (Å²) >= 11 is 12.7. The molecular formula is C26H27Cl2N7O4. The molecule has 6 heterocycles. The standard InChI is InChI=1S/C26H27Cl2N7O4/c1-15(2)25-31-26(39-32-25)23-22-17(29-20-13-16(27)5-7-34(20)22)6-8-35(23)21(36)14-38-18-3-4-19(30-24(18)28)33-9-11-37-12-10-33/h3-5,7,13,15,23H,6,8-12,14H2,1-2H3. The van der Waals surface area contributed by atoms with Crippen LogP contribution in [0, 0.1) is 0 Å². The van der Waals surface area contributed by atoms with Crippen LogP contribution in [0.2, 0.25) is 10.2 Å². The summed E-state index contributed by atoms with van der Waals surface area (Å²) in [6.45, 7) is 6.89. The minimum absolute atomic E-state index is 0.0640. The Morgan fingerprint density at radius 2 is 1.95 bits per heavy atom. The molecule has 1 atom stereocenters. The van der Waals surface area contributed by atoms with Gasteiger partial charge >= 0.3 is 0 Å². The van der Waals surface area contributed by atoms with Crippen molar-refractivity contribution in [1.82, 2.24) is 29.4 Å². The highest BCUT2D eigenvalue weighted by atomic mass is 35.5. The number of carbonyl (C=O) groups excluding carboxylic acids is 1. The topological polar surface area (TPSA) is 111 Å². The lowest BCUT2D eigenvalue weighted by molar-refractivity contribution is -0.136. The van der Waals surface area contributed by atoms with Gasteiger partial charge < -0.3 is 28.2 Å². The molecule has 1 amide bonds. The van der Waals surface area contributed by atoms with Crippen LogP contribution in [0.15, 0.2) is 35.0 Å². The van der Waals surface area contributed by atoms with Crippen LogP contribution in [-0.4, -0.2) is 74.8 Å². The first-order valence-electron chi connectivity index (χ1n) is 12.8. The van der Waals surface area contributed by atoms with Crippen LogP contribution in [0.5, 0.6) is 5.75 Å². The summed E-state index contributed by atoms with van der Waals surface area (Å²) < 4.78 is 18.9. The highest BCUT2D eigenvalue weighted by Crippen LogP contribution is 2.36. The molecule has 0 aromatic carbocycles. The van der Waals surface area contributed by atoms with Gasteiger partial charge in [0.25, 0.3) is 11.8 Å². The van der Waals surface area contributed by atoms with E-state index in [-0.39, 0.29) is 23.6 Å². The smallest absolute Gasteiger partial charge is 0.261 e. The summed E-state index contributed by atoms with van der Waals surface area (Å²) in [4.78, 5) is 31.3. The molecule has 1 unspecified atom stereocenters. The maximum absolute atomic E-state index is 13.6. The number of amides is 1. The molecule has 39 heavy (non-hydrogen) atoms. The van der Waals surface area contributed by atoms with Gasteiger partial charge in [-0.15, -0.1) is 0 Å². The lowest BCUT2D eigenvalue weighted by Crippen LogP contribution is -2.43. The van der Waals surface area contributed by atoms with Crippen LogP contribution in [0.1, 0.15) is 48.9 Å². The molecule has 13 heteroatoms. The van der Waals surface area contributed by atoms with Gasteiger partial charge in [-0.1, -0.05) is 42.2 Å². The number of ether oxygens (including phenoxy) is 2. The highest BCUT2D eigenvalue weighted by Gasteiger charge is 2.39. The van der Waals surface area contributed by atoms with Crippen molar-refractivity contribution in [3.05, 3.63) is 63.7 Å². The average Bonchev–Trinajstić information content (AvgIpc) is 3.57. The third kappa shape index (κ3) is 5.02. The fraction of sp³-hybridized carbons (Fsp3) is 0.423. The Kier molecular flexibility index (Phi) is 7.05. The van der Waals surface area contributed by atoms with E-state index >= 15 is 0 Å². The number of aromatic nitrogens is 5. The number of hydrogen-bond acceptors (Lipinski definition) is 9. The summed E-state index contributed by atoms with van der Waals surface area (Å²) in [5.41, 5.74) is 2.32. The first-order valence-corrected chi connectivity index (χ1v) is 13.6. The van der Waals surface area contributed by atoms with Crippen molar-refractivity contribution < 1.29 is 18.8 Å². The first-order chi connectivity index (χ1) is 18.9. The summed E-state index contributed by atoms with van der Waals surface area (Å²) in [5, 5.41) is 4.92. The molecule has 0 N–H and O–H groups in total. The van der Waals surface area contributed by atoms with E-state index in [1.807, 2.05) is 30.5 Å². The number of morpholine rings is 1. The van der Waals surface area contributed by atoms with Crippen LogP contribution >= 0.6 is 23.2 Å². The van der Waals surface area contributed by atoms with E-state index in [0.29, 0.717) is 54.3 Å². The largest absolute Gasteiger partial charge is 0.481 e. The van der Waals surface area contributed by atoms with Crippen molar-refractivity contribution in [2.24, 2.45) is 0 Å². The minimum atomic E-state index is -0.640. The van der Waals surface area contributed by atoms with E-state index in [4.69, 9.17) is 42.2 Å². The van der Waals surface area contributed by atoms with Crippen molar-refractivity contribution in [3.63, 3.8) is 0 Å². The molecule has 0 saturated carbocycles. The number of nitrogens with zero attached hydrogens (tertiary/aromatic N) is 7. The zero-order valence-corrected chi connectivity index (χ0v) is 23.0. The molecule has 0 aliphatic carbocycles. The number of hydrogen-bond donors (Lipinski definition) is 0. The minimum Gasteiger partial charge on any atom is -0.481 e. The Morgan fingerprint density at radius 1 is 1.13 bits per heavy atom. The van der Waals surface area contributed by atoms with E-state index in [0.717, 1.165) is 30.3 Å². The fourth-order valence-corrected chi connectivity index (χ4v) is 5.24. The summed E-state index contributed by atoms with van der Waals surface area (Å²) in [6.07, 6.45) is 2.39. The molecule has 204 valence electrons.